The van der Waals surface area contributed by atoms with E-state index in [2.05, 4.69) is 4.98 Å². The first-order valence-corrected chi connectivity index (χ1v) is 9.95. The number of aliphatic hydroxyl groups is 2. The number of rotatable bonds is 6. The number of H-pyrrole nitrogens is 1. The molecule has 0 amide bonds. The van der Waals surface area contributed by atoms with Crippen LogP contribution in [0.5, 0.6) is 0 Å². The Morgan fingerprint density at radius 1 is 1.26 bits per heavy atom. The lowest BCUT2D eigenvalue weighted by Crippen LogP contribution is -2.36. The lowest BCUT2D eigenvalue weighted by atomic mass is 10.2. The summed E-state index contributed by atoms with van der Waals surface area (Å²) in [6.45, 7) is -0.435. The standard InChI is InChI=1S/C15H15N3O7S2/c19-7-10-12(21)13(14(25-10)17-6-5-11(20)16-15(17)22)27-26-9-3-1-8(2-4-9)18(23)24/h1-6,10,12-14,19,21H,7H2,(H,16,20,22)/t10-,12+,13?,14-/m1/s1. The molecule has 3 N–H and O–H groups in total. The van der Waals surface area contributed by atoms with E-state index in [1.807, 2.05) is 0 Å². The average Bonchev–Trinajstić information content (AvgIpc) is 2.96. The van der Waals surface area contributed by atoms with Crippen LogP contribution in [0.1, 0.15) is 6.23 Å². The zero-order chi connectivity index (χ0) is 19.6. The third-order valence-electron chi connectivity index (χ3n) is 3.92. The first kappa shape index (κ1) is 19.6. The Balaban J connectivity index is 1.80. The number of aromatic nitrogens is 2. The van der Waals surface area contributed by atoms with Crippen molar-refractivity contribution in [3.63, 3.8) is 0 Å². The first-order valence-electron chi connectivity index (χ1n) is 7.74. The van der Waals surface area contributed by atoms with E-state index in [0.29, 0.717) is 4.90 Å². The van der Waals surface area contributed by atoms with E-state index in [9.17, 15) is 29.9 Å². The predicted octanol–water partition coefficient (Wildman–Crippen LogP) is 0.504. The van der Waals surface area contributed by atoms with Gasteiger partial charge >= 0.3 is 5.69 Å². The highest BCUT2D eigenvalue weighted by Crippen LogP contribution is 2.45. The molecule has 1 aromatic heterocycles. The van der Waals surface area contributed by atoms with Crippen molar-refractivity contribution >= 4 is 27.3 Å². The lowest BCUT2D eigenvalue weighted by Gasteiger charge is -2.20. The van der Waals surface area contributed by atoms with Gasteiger partial charge in [0.25, 0.3) is 11.2 Å². The summed E-state index contributed by atoms with van der Waals surface area (Å²) in [5.74, 6) is 0. The van der Waals surface area contributed by atoms with Gasteiger partial charge in [0.1, 0.15) is 6.10 Å². The molecule has 1 aliphatic rings. The predicted molar refractivity (Wildman–Crippen MR) is 98.7 cm³/mol. The van der Waals surface area contributed by atoms with Crippen molar-refractivity contribution < 1.29 is 19.9 Å². The van der Waals surface area contributed by atoms with Crippen LogP contribution < -0.4 is 11.2 Å². The number of nitrogens with zero attached hydrogens (tertiary/aromatic N) is 2. The van der Waals surface area contributed by atoms with Gasteiger partial charge in [-0.25, -0.2) is 4.79 Å². The maximum atomic E-state index is 12.1. The van der Waals surface area contributed by atoms with E-state index in [-0.39, 0.29) is 5.69 Å². The Labute approximate surface area is 159 Å². The van der Waals surface area contributed by atoms with Crippen LogP contribution in [0, 0.1) is 10.1 Å². The van der Waals surface area contributed by atoms with E-state index in [4.69, 9.17) is 4.74 Å². The van der Waals surface area contributed by atoms with Crippen molar-refractivity contribution in [3.8, 4) is 0 Å². The molecular formula is C15H15N3O7S2. The van der Waals surface area contributed by atoms with Crippen LogP contribution >= 0.6 is 21.6 Å². The molecule has 3 rings (SSSR count). The average molecular weight is 413 g/mol. The van der Waals surface area contributed by atoms with Gasteiger partial charge in [-0.05, 0) is 12.1 Å². The second-order valence-electron chi connectivity index (χ2n) is 5.65. The van der Waals surface area contributed by atoms with Crippen molar-refractivity contribution in [2.24, 2.45) is 0 Å². The summed E-state index contributed by atoms with van der Waals surface area (Å²) in [6.07, 6.45) is -1.59. The molecule has 2 heterocycles. The number of aromatic amines is 1. The van der Waals surface area contributed by atoms with Crippen molar-refractivity contribution in [2.75, 3.05) is 6.61 Å². The highest BCUT2D eigenvalue weighted by Gasteiger charge is 2.45. The van der Waals surface area contributed by atoms with Crippen LogP contribution in [-0.4, -0.2) is 48.8 Å². The number of benzene rings is 1. The molecule has 27 heavy (non-hydrogen) atoms. The fourth-order valence-electron chi connectivity index (χ4n) is 2.56. The summed E-state index contributed by atoms with van der Waals surface area (Å²) in [5, 5.41) is 29.9. The van der Waals surface area contributed by atoms with Crippen molar-refractivity contribution in [1.29, 1.82) is 0 Å². The monoisotopic (exact) mass is 413 g/mol. The summed E-state index contributed by atoms with van der Waals surface area (Å²) in [5.41, 5.74) is -1.28. The van der Waals surface area contributed by atoms with Gasteiger partial charge in [-0.2, -0.15) is 0 Å². The van der Waals surface area contributed by atoms with Gasteiger partial charge < -0.3 is 14.9 Å². The molecule has 1 unspecified atom stereocenters. The fourth-order valence-corrected chi connectivity index (χ4v) is 5.23. The van der Waals surface area contributed by atoms with E-state index in [1.165, 1.54) is 39.9 Å². The number of non-ortho nitro benzene ring substituents is 1. The Morgan fingerprint density at radius 3 is 2.56 bits per heavy atom. The van der Waals surface area contributed by atoms with E-state index in [0.717, 1.165) is 10.6 Å². The van der Waals surface area contributed by atoms with E-state index >= 15 is 0 Å². The number of hydrogen-bond acceptors (Lipinski definition) is 9. The molecule has 0 bridgehead atoms. The third-order valence-corrected chi connectivity index (χ3v) is 6.75. The molecule has 1 saturated heterocycles. The summed E-state index contributed by atoms with van der Waals surface area (Å²) in [4.78, 5) is 36.3. The molecule has 0 radical (unpaired) electrons. The van der Waals surface area contributed by atoms with Gasteiger partial charge in [0, 0.05) is 29.3 Å². The van der Waals surface area contributed by atoms with Gasteiger partial charge in [-0.15, -0.1) is 0 Å². The highest BCUT2D eigenvalue weighted by molar-refractivity contribution is 8.77. The number of hydrogen-bond donors (Lipinski definition) is 3. The van der Waals surface area contributed by atoms with E-state index in [1.54, 1.807) is 12.1 Å². The Kier molecular flexibility index (Phi) is 6.01. The molecule has 0 spiro atoms. The minimum absolute atomic E-state index is 0.0356. The molecule has 2 aromatic rings. The first-order chi connectivity index (χ1) is 12.9. The Morgan fingerprint density at radius 2 is 1.96 bits per heavy atom. The smallest absolute Gasteiger partial charge is 0.330 e. The number of ether oxygens (including phenoxy) is 1. The number of nitro benzene ring substituents is 1. The highest BCUT2D eigenvalue weighted by atomic mass is 33.1. The fraction of sp³-hybridized carbons (Fsp3) is 0.333. The van der Waals surface area contributed by atoms with Crippen LogP contribution in [0.15, 0.2) is 51.0 Å². The van der Waals surface area contributed by atoms with Gasteiger partial charge in [-0.3, -0.25) is 24.5 Å². The Bertz CT molecular complexity index is 930. The molecule has 10 nitrogen and oxygen atoms in total. The molecule has 12 heteroatoms. The van der Waals surface area contributed by atoms with Crippen LogP contribution in [0.2, 0.25) is 0 Å². The molecule has 4 atom stereocenters. The second-order valence-corrected chi connectivity index (χ2v) is 8.10. The van der Waals surface area contributed by atoms with Gasteiger partial charge in [-0.1, -0.05) is 21.6 Å². The van der Waals surface area contributed by atoms with Gasteiger partial charge in [0.2, 0.25) is 0 Å². The molecular weight excluding hydrogens is 398 g/mol. The van der Waals surface area contributed by atoms with Crippen molar-refractivity contribution in [1.82, 2.24) is 9.55 Å². The summed E-state index contributed by atoms with van der Waals surface area (Å²) in [7, 11) is 2.45. The number of nitrogens with one attached hydrogen (secondary N) is 1. The Hall–Kier alpha value is -2.12. The molecule has 1 aromatic carbocycles. The maximum Gasteiger partial charge on any atom is 0.330 e. The quantitative estimate of drug-likeness (QED) is 0.350. The topological polar surface area (TPSA) is 148 Å². The van der Waals surface area contributed by atoms with Crippen molar-refractivity contribution in [3.05, 3.63) is 67.5 Å². The SMILES string of the molecule is O=c1ccn([C@@H]2O[C@H](CO)[C@H](O)C2SSc2ccc([N+](=O)[O-])cc2)c(=O)[nH]1. The molecule has 0 aliphatic carbocycles. The minimum atomic E-state index is -1.06. The van der Waals surface area contributed by atoms with E-state index < -0.39 is 46.5 Å². The van der Waals surface area contributed by atoms with Crippen LogP contribution in [-0.2, 0) is 4.74 Å². The maximum absolute atomic E-state index is 12.1. The number of nitro groups is 1. The normalized spacial score (nSPS) is 24.8. The molecule has 1 aliphatic heterocycles. The molecule has 1 fully saturated rings. The van der Waals surface area contributed by atoms with Crippen LogP contribution in [0.25, 0.3) is 0 Å². The molecule has 144 valence electrons. The van der Waals surface area contributed by atoms with Crippen LogP contribution in [0.3, 0.4) is 0 Å². The largest absolute Gasteiger partial charge is 0.394 e. The zero-order valence-electron chi connectivity index (χ0n) is 13.6. The van der Waals surface area contributed by atoms with Gasteiger partial charge in [0.05, 0.1) is 22.9 Å². The summed E-state index contributed by atoms with van der Waals surface area (Å²) >= 11 is 0. The minimum Gasteiger partial charge on any atom is -0.394 e. The van der Waals surface area contributed by atoms with Crippen molar-refractivity contribution in [2.45, 2.75) is 28.6 Å². The summed E-state index contributed by atoms with van der Waals surface area (Å²) < 4.78 is 6.75. The molecule has 0 saturated carbocycles. The lowest BCUT2D eigenvalue weighted by molar-refractivity contribution is -0.384. The number of aliphatic hydroxyl groups excluding tert-OH is 2. The van der Waals surface area contributed by atoms with Gasteiger partial charge in [0.15, 0.2) is 6.23 Å². The summed E-state index contributed by atoms with van der Waals surface area (Å²) in [6, 6.07) is 7.04. The van der Waals surface area contributed by atoms with Crippen LogP contribution in [0.4, 0.5) is 5.69 Å². The zero-order valence-corrected chi connectivity index (χ0v) is 15.3. The third kappa shape index (κ3) is 4.25. The second kappa shape index (κ2) is 8.27.